The van der Waals surface area contributed by atoms with Crippen molar-refractivity contribution in [3.63, 3.8) is 0 Å². The molecule has 1 aliphatic rings. The molecule has 1 aromatic rings. The maximum atomic E-state index is 13.6. The van der Waals surface area contributed by atoms with Gasteiger partial charge in [0.2, 0.25) is 5.95 Å². The molecule has 0 bridgehead atoms. The second kappa shape index (κ2) is 5.48. The number of likely N-dealkylation sites (N-methyl/N-ethyl adjacent to an activating group) is 1. The van der Waals surface area contributed by atoms with Crippen LogP contribution in [0.25, 0.3) is 0 Å². The predicted octanol–water partition coefficient (Wildman–Crippen LogP) is 0.679. The van der Waals surface area contributed by atoms with Gasteiger partial charge in [0.05, 0.1) is 6.54 Å². The molecule has 1 fully saturated rings. The number of nitrogens with zero attached hydrogens (tertiary/aromatic N) is 4. The van der Waals surface area contributed by atoms with Gasteiger partial charge in [-0.3, -0.25) is 0 Å². The summed E-state index contributed by atoms with van der Waals surface area (Å²) in [6.45, 7) is 1.18. The lowest BCUT2D eigenvalue weighted by Crippen LogP contribution is -2.37. The quantitative estimate of drug-likeness (QED) is 0.855. The van der Waals surface area contributed by atoms with Gasteiger partial charge in [-0.25, -0.2) is 9.37 Å². The van der Waals surface area contributed by atoms with E-state index in [1.54, 1.807) is 6.20 Å². The number of nitrogens with one attached hydrogen (secondary N) is 1. The van der Waals surface area contributed by atoms with Crippen LogP contribution in [0.5, 0.6) is 0 Å². The summed E-state index contributed by atoms with van der Waals surface area (Å²) in [5.74, 6) is 1.45. The van der Waals surface area contributed by atoms with Gasteiger partial charge in [0, 0.05) is 39.3 Å². The summed E-state index contributed by atoms with van der Waals surface area (Å²) in [5.41, 5.74) is 0. The van der Waals surface area contributed by atoms with Crippen molar-refractivity contribution in [2.45, 2.75) is 18.6 Å². The van der Waals surface area contributed by atoms with Crippen molar-refractivity contribution in [2.75, 3.05) is 44.0 Å². The first-order valence-electron chi connectivity index (χ1n) is 6.17. The van der Waals surface area contributed by atoms with Crippen LogP contribution in [-0.2, 0) is 0 Å². The Morgan fingerprint density at radius 2 is 2.33 bits per heavy atom. The second-order valence-corrected chi connectivity index (χ2v) is 4.81. The number of aromatic nitrogens is 2. The minimum Gasteiger partial charge on any atom is -0.349 e. The minimum absolute atomic E-state index is 0.162. The van der Waals surface area contributed by atoms with Gasteiger partial charge < -0.3 is 15.1 Å². The second-order valence-electron chi connectivity index (χ2n) is 4.81. The molecule has 0 aromatic carbocycles. The Labute approximate surface area is 107 Å². The van der Waals surface area contributed by atoms with Crippen LogP contribution in [0.2, 0.25) is 0 Å². The van der Waals surface area contributed by atoms with Gasteiger partial charge in [-0.1, -0.05) is 0 Å². The Morgan fingerprint density at radius 3 is 3.00 bits per heavy atom. The van der Waals surface area contributed by atoms with Gasteiger partial charge in [-0.15, -0.1) is 0 Å². The first-order chi connectivity index (χ1) is 8.61. The summed E-state index contributed by atoms with van der Waals surface area (Å²) in [5, 5.41) is 3.11. The molecule has 0 radical (unpaired) electrons. The van der Waals surface area contributed by atoms with E-state index in [1.165, 1.54) is 0 Å². The third-order valence-corrected chi connectivity index (χ3v) is 3.13. The largest absolute Gasteiger partial charge is 0.349 e. The zero-order valence-electron chi connectivity index (χ0n) is 11.1. The molecule has 1 N–H and O–H groups in total. The molecule has 18 heavy (non-hydrogen) atoms. The summed E-state index contributed by atoms with van der Waals surface area (Å²) in [6.07, 6.45) is 1.50. The van der Waals surface area contributed by atoms with E-state index < -0.39 is 6.17 Å². The van der Waals surface area contributed by atoms with E-state index in [2.05, 4.69) is 15.3 Å². The Bertz CT molecular complexity index is 398. The third-order valence-electron chi connectivity index (χ3n) is 3.13. The molecule has 2 rings (SSSR count). The third kappa shape index (κ3) is 2.69. The van der Waals surface area contributed by atoms with Crippen LogP contribution in [0.3, 0.4) is 0 Å². The van der Waals surface area contributed by atoms with Gasteiger partial charge in [-0.2, -0.15) is 4.98 Å². The van der Waals surface area contributed by atoms with Gasteiger partial charge in [0.15, 0.2) is 0 Å². The smallest absolute Gasteiger partial charge is 0.226 e. The summed E-state index contributed by atoms with van der Waals surface area (Å²) in [4.78, 5) is 12.5. The number of rotatable bonds is 4. The van der Waals surface area contributed by atoms with Crippen molar-refractivity contribution in [1.29, 1.82) is 0 Å². The molecule has 0 amide bonds. The fraction of sp³-hybridized carbons (Fsp3) is 0.667. The van der Waals surface area contributed by atoms with E-state index >= 15 is 0 Å². The van der Waals surface area contributed by atoms with Crippen LogP contribution in [0.15, 0.2) is 12.3 Å². The predicted molar refractivity (Wildman–Crippen MR) is 70.9 cm³/mol. The van der Waals surface area contributed by atoms with Crippen LogP contribution >= 0.6 is 0 Å². The molecule has 1 saturated heterocycles. The van der Waals surface area contributed by atoms with E-state index in [0.717, 1.165) is 12.4 Å². The number of hydrogen-bond acceptors (Lipinski definition) is 5. The fourth-order valence-electron chi connectivity index (χ4n) is 2.28. The zero-order chi connectivity index (χ0) is 13.1. The van der Waals surface area contributed by atoms with E-state index in [9.17, 15) is 4.39 Å². The van der Waals surface area contributed by atoms with Gasteiger partial charge >= 0.3 is 0 Å². The summed E-state index contributed by atoms with van der Waals surface area (Å²) in [7, 11) is 5.67. The van der Waals surface area contributed by atoms with Crippen molar-refractivity contribution < 1.29 is 4.39 Å². The summed E-state index contributed by atoms with van der Waals surface area (Å²) >= 11 is 0. The van der Waals surface area contributed by atoms with Gasteiger partial charge in [0.25, 0.3) is 0 Å². The molecular formula is C12H20FN5. The number of hydrogen-bond donors (Lipinski definition) is 1. The van der Waals surface area contributed by atoms with Crippen molar-refractivity contribution in [2.24, 2.45) is 0 Å². The highest BCUT2D eigenvalue weighted by molar-refractivity contribution is 5.45. The van der Waals surface area contributed by atoms with Crippen LogP contribution in [0, 0.1) is 0 Å². The van der Waals surface area contributed by atoms with Crippen molar-refractivity contribution in [3.05, 3.63) is 12.3 Å². The molecule has 6 heteroatoms. The Kier molecular flexibility index (Phi) is 3.96. The molecule has 0 saturated carbocycles. The van der Waals surface area contributed by atoms with E-state index in [-0.39, 0.29) is 6.04 Å². The average Bonchev–Trinajstić information content (AvgIpc) is 2.71. The molecule has 0 aliphatic carbocycles. The fourth-order valence-corrected chi connectivity index (χ4v) is 2.28. The average molecular weight is 253 g/mol. The Morgan fingerprint density at radius 1 is 1.56 bits per heavy atom. The highest BCUT2D eigenvalue weighted by Gasteiger charge is 2.32. The first kappa shape index (κ1) is 13.0. The highest BCUT2D eigenvalue weighted by Crippen LogP contribution is 2.26. The molecule has 1 aliphatic heterocycles. The van der Waals surface area contributed by atoms with Gasteiger partial charge in [-0.05, 0) is 13.1 Å². The monoisotopic (exact) mass is 253 g/mol. The van der Waals surface area contributed by atoms with Crippen molar-refractivity contribution in [3.8, 4) is 0 Å². The Balaban J connectivity index is 2.21. The number of halogens is 1. The first-order valence-corrected chi connectivity index (χ1v) is 6.17. The molecular weight excluding hydrogens is 233 g/mol. The lowest BCUT2D eigenvalue weighted by molar-refractivity contribution is 0.355. The van der Waals surface area contributed by atoms with Crippen LogP contribution in [-0.4, -0.2) is 56.4 Å². The van der Waals surface area contributed by atoms with E-state index in [1.807, 2.05) is 37.0 Å². The van der Waals surface area contributed by atoms with Gasteiger partial charge in [0.1, 0.15) is 12.0 Å². The highest BCUT2D eigenvalue weighted by atomic mass is 19.1. The van der Waals surface area contributed by atoms with Crippen LogP contribution < -0.4 is 15.1 Å². The maximum Gasteiger partial charge on any atom is 0.226 e. The number of anilines is 2. The Hall–Kier alpha value is -1.43. The van der Waals surface area contributed by atoms with E-state index in [4.69, 9.17) is 0 Å². The van der Waals surface area contributed by atoms with Crippen molar-refractivity contribution >= 4 is 11.8 Å². The molecule has 1 aromatic heterocycles. The van der Waals surface area contributed by atoms with Crippen LogP contribution in [0.4, 0.5) is 16.2 Å². The SMILES string of the molecule is CNC[C@H]1C[C@H](F)CN1c1ccnc(N(C)C)n1. The molecule has 5 nitrogen and oxygen atoms in total. The molecule has 0 unspecified atom stereocenters. The molecule has 2 atom stereocenters. The van der Waals surface area contributed by atoms with E-state index in [0.29, 0.717) is 18.9 Å². The standard InChI is InChI=1S/C12H20FN5/c1-14-7-10-6-9(13)8-18(10)11-4-5-15-12(16-11)17(2)3/h4-5,9-10,14H,6-8H2,1-3H3/t9-,10+/m0/s1. The van der Waals surface area contributed by atoms with Crippen LogP contribution in [0.1, 0.15) is 6.42 Å². The van der Waals surface area contributed by atoms with Crippen molar-refractivity contribution in [1.82, 2.24) is 15.3 Å². The molecule has 2 heterocycles. The minimum atomic E-state index is -0.777. The molecule has 0 spiro atoms. The normalized spacial score (nSPS) is 23.4. The number of alkyl halides is 1. The lowest BCUT2D eigenvalue weighted by atomic mass is 10.2. The summed E-state index contributed by atoms with van der Waals surface area (Å²) in [6, 6.07) is 2.00. The molecule has 100 valence electrons. The summed E-state index contributed by atoms with van der Waals surface area (Å²) < 4.78 is 13.6. The zero-order valence-corrected chi connectivity index (χ0v) is 11.1. The maximum absolute atomic E-state index is 13.6. The lowest BCUT2D eigenvalue weighted by Gasteiger charge is -2.25. The topological polar surface area (TPSA) is 44.3 Å².